The molecule has 2 aromatic heterocycles. The van der Waals surface area contributed by atoms with Crippen molar-refractivity contribution in [3.05, 3.63) is 45.7 Å². The molecule has 0 atom stereocenters. The lowest BCUT2D eigenvalue weighted by Gasteiger charge is -2.07. The molecule has 0 saturated carbocycles. The normalized spacial score (nSPS) is 11.4. The van der Waals surface area contributed by atoms with Crippen molar-refractivity contribution < 1.29 is 4.79 Å². The van der Waals surface area contributed by atoms with E-state index in [2.05, 4.69) is 46.7 Å². The van der Waals surface area contributed by atoms with Gasteiger partial charge in [-0.15, -0.1) is 11.3 Å². The van der Waals surface area contributed by atoms with E-state index in [1.54, 1.807) is 0 Å². The summed E-state index contributed by atoms with van der Waals surface area (Å²) < 4.78 is 2.13. The van der Waals surface area contributed by atoms with Gasteiger partial charge < -0.3 is 9.88 Å². The molecule has 0 spiro atoms. The molecule has 0 aliphatic heterocycles. The minimum atomic E-state index is -0.0772. The Morgan fingerprint density at radius 3 is 2.71 bits per heavy atom. The van der Waals surface area contributed by atoms with Gasteiger partial charge in [0.1, 0.15) is 10.7 Å². The maximum atomic E-state index is 12.5. The molecule has 0 unspecified atom stereocenters. The van der Waals surface area contributed by atoms with Crippen molar-refractivity contribution in [1.29, 1.82) is 0 Å². The standard InChI is InChI=1S/C18H22N4OS/c1-5-22-14-9-7-6-8-13(14)21-15(22)10-19-17(23)16-12(4)20-18(24-16)11(2)3/h6-9,11H,5,10H2,1-4H3,(H,19,23). The van der Waals surface area contributed by atoms with Gasteiger partial charge in [-0.2, -0.15) is 0 Å². The Kier molecular flexibility index (Phi) is 4.66. The lowest BCUT2D eigenvalue weighted by Crippen LogP contribution is -2.24. The predicted octanol–water partition coefficient (Wildman–Crippen LogP) is 3.87. The number of aryl methyl sites for hydroxylation is 2. The van der Waals surface area contributed by atoms with E-state index in [1.807, 2.05) is 25.1 Å². The lowest BCUT2D eigenvalue weighted by atomic mass is 10.2. The van der Waals surface area contributed by atoms with Crippen molar-refractivity contribution in [2.75, 3.05) is 0 Å². The summed E-state index contributed by atoms with van der Waals surface area (Å²) in [5.41, 5.74) is 2.85. The highest BCUT2D eigenvalue weighted by atomic mass is 32.1. The second-order valence-corrected chi connectivity index (χ2v) is 7.10. The predicted molar refractivity (Wildman–Crippen MR) is 97.5 cm³/mol. The van der Waals surface area contributed by atoms with Crippen LogP contribution in [0.15, 0.2) is 24.3 Å². The van der Waals surface area contributed by atoms with Crippen LogP contribution in [0, 0.1) is 6.92 Å². The van der Waals surface area contributed by atoms with Gasteiger partial charge in [0, 0.05) is 12.5 Å². The maximum absolute atomic E-state index is 12.5. The molecule has 0 radical (unpaired) electrons. The summed E-state index contributed by atoms with van der Waals surface area (Å²) in [7, 11) is 0. The smallest absolute Gasteiger partial charge is 0.263 e. The summed E-state index contributed by atoms with van der Waals surface area (Å²) in [6, 6.07) is 8.03. The molecule has 6 heteroatoms. The van der Waals surface area contributed by atoms with Crippen molar-refractivity contribution >= 4 is 28.3 Å². The highest BCUT2D eigenvalue weighted by Gasteiger charge is 2.17. The summed E-state index contributed by atoms with van der Waals surface area (Å²) in [4.78, 5) is 22.3. The molecule has 0 saturated heterocycles. The Morgan fingerprint density at radius 1 is 1.29 bits per heavy atom. The number of hydrogen-bond acceptors (Lipinski definition) is 4. The lowest BCUT2D eigenvalue weighted by molar-refractivity contribution is 0.0953. The van der Waals surface area contributed by atoms with Gasteiger partial charge in [-0.05, 0) is 26.0 Å². The topological polar surface area (TPSA) is 59.8 Å². The van der Waals surface area contributed by atoms with Crippen LogP contribution in [0.3, 0.4) is 0 Å². The molecule has 2 heterocycles. The average Bonchev–Trinajstić information content (AvgIpc) is 3.12. The third kappa shape index (κ3) is 3.06. The van der Waals surface area contributed by atoms with E-state index in [0.29, 0.717) is 17.3 Å². The number of carbonyl (C=O) groups excluding carboxylic acids is 1. The summed E-state index contributed by atoms with van der Waals surface area (Å²) in [6.07, 6.45) is 0. The summed E-state index contributed by atoms with van der Waals surface area (Å²) in [5.74, 6) is 1.13. The fourth-order valence-electron chi connectivity index (χ4n) is 2.73. The number of thiazole rings is 1. The number of nitrogens with zero attached hydrogens (tertiary/aromatic N) is 3. The average molecular weight is 342 g/mol. The van der Waals surface area contributed by atoms with Gasteiger partial charge in [-0.1, -0.05) is 26.0 Å². The van der Waals surface area contributed by atoms with Gasteiger partial charge in [-0.25, -0.2) is 9.97 Å². The van der Waals surface area contributed by atoms with Crippen LogP contribution in [0.2, 0.25) is 0 Å². The van der Waals surface area contributed by atoms with Gasteiger partial charge in [0.05, 0.1) is 28.3 Å². The molecule has 3 rings (SSSR count). The van der Waals surface area contributed by atoms with Crippen molar-refractivity contribution in [2.45, 2.75) is 46.7 Å². The zero-order valence-electron chi connectivity index (χ0n) is 14.5. The molecule has 0 fully saturated rings. The van der Waals surface area contributed by atoms with Gasteiger partial charge >= 0.3 is 0 Å². The number of benzene rings is 1. The van der Waals surface area contributed by atoms with E-state index in [1.165, 1.54) is 11.3 Å². The van der Waals surface area contributed by atoms with Crippen LogP contribution in [0.25, 0.3) is 11.0 Å². The molecule has 1 amide bonds. The van der Waals surface area contributed by atoms with Crippen LogP contribution in [-0.4, -0.2) is 20.4 Å². The molecule has 1 N–H and O–H groups in total. The van der Waals surface area contributed by atoms with E-state index in [4.69, 9.17) is 0 Å². The molecular formula is C18H22N4OS. The number of aromatic nitrogens is 3. The van der Waals surface area contributed by atoms with Crippen LogP contribution >= 0.6 is 11.3 Å². The van der Waals surface area contributed by atoms with E-state index in [-0.39, 0.29) is 5.91 Å². The second kappa shape index (κ2) is 6.73. The highest BCUT2D eigenvalue weighted by molar-refractivity contribution is 7.13. The molecule has 5 nitrogen and oxygen atoms in total. The van der Waals surface area contributed by atoms with Crippen LogP contribution in [0.4, 0.5) is 0 Å². The number of fused-ring (bicyclic) bond motifs is 1. The van der Waals surface area contributed by atoms with E-state index in [0.717, 1.165) is 34.1 Å². The van der Waals surface area contributed by atoms with Crippen LogP contribution in [0.5, 0.6) is 0 Å². The zero-order valence-corrected chi connectivity index (χ0v) is 15.3. The van der Waals surface area contributed by atoms with Crippen molar-refractivity contribution in [3.8, 4) is 0 Å². The number of hydrogen-bond donors (Lipinski definition) is 1. The highest BCUT2D eigenvalue weighted by Crippen LogP contribution is 2.24. The largest absolute Gasteiger partial charge is 0.344 e. The number of nitrogens with one attached hydrogen (secondary N) is 1. The molecule has 24 heavy (non-hydrogen) atoms. The van der Waals surface area contributed by atoms with Crippen molar-refractivity contribution in [3.63, 3.8) is 0 Å². The van der Waals surface area contributed by atoms with Crippen molar-refractivity contribution in [2.24, 2.45) is 0 Å². The Hall–Kier alpha value is -2.21. The first kappa shape index (κ1) is 16.6. The number of carbonyl (C=O) groups is 1. The van der Waals surface area contributed by atoms with Crippen LogP contribution < -0.4 is 5.32 Å². The van der Waals surface area contributed by atoms with Crippen molar-refractivity contribution in [1.82, 2.24) is 19.9 Å². The second-order valence-electron chi connectivity index (χ2n) is 6.07. The maximum Gasteiger partial charge on any atom is 0.263 e. The van der Waals surface area contributed by atoms with Crippen LogP contribution in [-0.2, 0) is 13.1 Å². The summed E-state index contributed by atoms with van der Waals surface area (Å²) >= 11 is 1.48. The number of para-hydroxylation sites is 2. The van der Waals surface area contributed by atoms with E-state index < -0.39 is 0 Å². The quantitative estimate of drug-likeness (QED) is 0.765. The fourth-order valence-corrected chi connectivity index (χ4v) is 3.71. The Balaban J connectivity index is 1.79. The molecule has 126 valence electrons. The minimum absolute atomic E-state index is 0.0772. The monoisotopic (exact) mass is 342 g/mol. The first-order valence-corrected chi connectivity index (χ1v) is 9.02. The molecule has 0 bridgehead atoms. The third-order valence-electron chi connectivity index (χ3n) is 3.97. The first-order valence-electron chi connectivity index (χ1n) is 8.21. The Labute approximate surface area is 145 Å². The summed E-state index contributed by atoms with van der Waals surface area (Å²) in [5, 5.41) is 3.99. The molecule has 3 aromatic rings. The van der Waals surface area contributed by atoms with E-state index in [9.17, 15) is 4.79 Å². The Bertz CT molecular complexity index is 878. The molecule has 0 aliphatic rings. The number of imidazole rings is 1. The molecular weight excluding hydrogens is 320 g/mol. The number of rotatable bonds is 5. The zero-order chi connectivity index (χ0) is 17.3. The molecule has 1 aromatic carbocycles. The van der Waals surface area contributed by atoms with Gasteiger partial charge in [0.15, 0.2) is 0 Å². The van der Waals surface area contributed by atoms with Crippen LogP contribution in [0.1, 0.15) is 52.9 Å². The van der Waals surface area contributed by atoms with Gasteiger partial charge in [0.25, 0.3) is 5.91 Å². The van der Waals surface area contributed by atoms with Gasteiger partial charge in [-0.3, -0.25) is 4.79 Å². The SMILES string of the molecule is CCn1c(CNC(=O)c2sc(C(C)C)nc2C)nc2ccccc21. The third-order valence-corrected chi connectivity index (χ3v) is 5.43. The minimum Gasteiger partial charge on any atom is -0.344 e. The summed E-state index contributed by atoms with van der Waals surface area (Å²) in [6.45, 7) is 9.38. The van der Waals surface area contributed by atoms with Gasteiger partial charge in [0.2, 0.25) is 0 Å². The van der Waals surface area contributed by atoms with E-state index >= 15 is 0 Å². The number of amides is 1. The Morgan fingerprint density at radius 2 is 2.04 bits per heavy atom. The fraction of sp³-hybridized carbons (Fsp3) is 0.389. The molecule has 0 aliphatic carbocycles. The first-order chi connectivity index (χ1) is 11.5.